The Kier molecular flexibility index (Phi) is 3.36. The first-order valence-corrected chi connectivity index (χ1v) is 7.71. The normalized spacial score (nSPS) is 11.1. The lowest BCUT2D eigenvalue weighted by Gasteiger charge is -2.12. The van der Waals surface area contributed by atoms with Crippen LogP contribution in [0.5, 0.6) is 5.75 Å². The zero-order valence-corrected chi connectivity index (χ0v) is 14.0. The van der Waals surface area contributed by atoms with E-state index in [1.54, 1.807) is 7.11 Å². The molecule has 0 bridgehead atoms. The minimum Gasteiger partial charge on any atom is -0.495 e. The van der Waals surface area contributed by atoms with Crippen LogP contribution in [0.3, 0.4) is 0 Å². The van der Waals surface area contributed by atoms with E-state index in [2.05, 4.69) is 87.6 Å². The highest BCUT2D eigenvalue weighted by Gasteiger charge is 2.11. The van der Waals surface area contributed by atoms with Crippen molar-refractivity contribution in [1.82, 2.24) is 0 Å². The van der Waals surface area contributed by atoms with E-state index in [1.165, 1.54) is 28.7 Å². The van der Waals surface area contributed by atoms with Crippen molar-refractivity contribution in [3.05, 3.63) is 49.6 Å². The number of ether oxygens (including phenoxy) is 1. The molecule has 1 nitrogen and oxygen atoms in total. The lowest BCUT2D eigenvalue weighted by atomic mass is 10.0. The molecular formula is C15H10I2O. The van der Waals surface area contributed by atoms with Crippen molar-refractivity contribution < 1.29 is 4.74 Å². The Labute approximate surface area is 133 Å². The molecule has 0 fully saturated rings. The molecule has 18 heavy (non-hydrogen) atoms. The predicted molar refractivity (Wildman–Crippen MR) is 93.4 cm³/mol. The molecule has 0 amide bonds. The van der Waals surface area contributed by atoms with E-state index in [0.29, 0.717) is 0 Å². The van der Waals surface area contributed by atoms with Crippen molar-refractivity contribution in [2.24, 2.45) is 0 Å². The van der Waals surface area contributed by atoms with Gasteiger partial charge in [0.1, 0.15) is 5.75 Å². The Balaban J connectivity index is 2.61. The summed E-state index contributed by atoms with van der Waals surface area (Å²) in [5.74, 6) is 0.972. The highest BCUT2D eigenvalue weighted by atomic mass is 127. The van der Waals surface area contributed by atoms with Gasteiger partial charge in [0.05, 0.1) is 7.11 Å². The number of rotatable bonds is 1. The van der Waals surface area contributed by atoms with Gasteiger partial charge in [-0.05, 0) is 74.2 Å². The monoisotopic (exact) mass is 460 g/mol. The molecule has 3 rings (SSSR count). The van der Waals surface area contributed by atoms with Crippen LogP contribution in [0.15, 0.2) is 42.5 Å². The molecule has 0 saturated carbocycles. The van der Waals surface area contributed by atoms with Gasteiger partial charge in [-0.3, -0.25) is 0 Å². The van der Waals surface area contributed by atoms with Gasteiger partial charge in [-0.1, -0.05) is 24.3 Å². The van der Waals surface area contributed by atoms with Crippen molar-refractivity contribution in [2.45, 2.75) is 0 Å². The average molecular weight is 460 g/mol. The van der Waals surface area contributed by atoms with Crippen LogP contribution < -0.4 is 4.74 Å². The highest BCUT2D eigenvalue weighted by Crippen LogP contribution is 2.37. The maximum Gasteiger partial charge on any atom is 0.134 e. The summed E-state index contributed by atoms with van der Waals surface area (Å²) in [7, 11) is 1.74. The van der Waals surface area contributed by atoms with E-state index >= 15 is 0 Å². The lowest BCUT2D eigenvalue weighted by Crippen LogP contribution is -1.90. The number of benzene rings is 3. The van der Waals surface area contributed by atoms with E-state index in [1.807, 2.05) is 0 Å². The average Bonchev–Trinajstić information content (AvgIpc) is 2.38. The fourth-order valence-corrected chi connectivity index (χ4v) is 3.58. The van der Waals surface area contributed by atoms with Crippen molar-refractivity contribution in [3.8, 4) is 5.75 Å². The smallest absolute Gasteiger partial charge is 0.134 e. The van der Waals surface area contributed by atoms with E-state index < -0.39 is 0 Å². The van der Waals surface area contributed by atoms with Gasteiger partial charge < -0.3 is 4.74 Å². The molecule has 3 aromatic rings. The number of hydrogen-bond donors (Lipinski definition) is 0. The quantitative estimate of drug-likeness (QED) is 0.358. The van der Waals surface area contributed by atoms with Crippen LogP contribution in [0.4, 0.5) is 0 Å². The topological polar surface area (TPSA) is 9.23 Å². The Hall–Kier alpha value is -0.560. The molecule has 0 saturated heterocycles. The maximum atomic E-state index is 5.64. The first kappa shape index (κ1) is 12.5. The first-order valence-electron chi connectivity index (χ1n) is 5.56. The largest absolute Gasteiger partial charge is 0.495 e. The van der Waals surface area contributed by atoms with E-state index in [-0.39, 0.29) is 0 Å². The molecule has 0 aliphatic rings. The molecule has 0 heterocycles. The number of halogens is 2. The zero-order valence-electron chi connectivity index (χ0n) is 9.71. The molecule has 0 N–H and O–H groups in total. The fourth-order valence-electron chi connectivity index (χ4n) is 2.27. The second kappa shape index (κ2) is 4.85. The second-order valence-corrected chi connectivity index (χ2v) is 6.40. The Morgan fingerprint density at radius 2 is 1.28 bits per heavy atom. The van der Waals surface area contributed by atoms with Crippen LogP contribution in [-0.2, 0) is 0 Å². The minimum atomic E-state index is 0.972. The number of hydrogen-bond acceptors (Lipinski definition) is 1. The van der Waals surface area contributed by atoms with Crippen molar-refractivity contribution >= 4 is 66.7 Å². The fraction of sp³-hybridized carbons (Fsp3) is 0.0667. The van der Waals surface area contributed by atoms with Crippen LogP contribution in [0, 0.1) is 7.14 Å². The van der Waals surface area contributed by atoms with Crippen LogP contribution in [0.25, 0.3) is 21.5 Å². The van der Waals surface area contributed by atoms with Crippen LogP contribution >= 0.6 is 45.2 Å². The van der Waals surface area contributed by atoms with Crippen molar-refractivity contribution in [1.29, 1.82) is 0 Å². The summed E-state index contributed by atoms with van der Waals surface area (Å²) in [5.41, 5.74) is 0. The van der Waals surface area contributed by atoms with Crippen LogP contribution in [-0.4, -0.2) is 7.11 Å². The Morgan fingerprint density at radius 3 is 1.72 bits per heavy atom. The summed E-state index contributed by atoms with van der Waals surface area (Å²) < 4.78 is 8.15. The predicted octanol–water partition coefficient (Wildman–Crippen LogP) is 5.21. The minimum absolute atomic E-state index is 0.972. The van der Waals surface area contributed by atoms with Crippen molar-refractivity contribution in [2.75, 3.05) is 7.11 Å². The van der Waals surface area contributed by atoms with Gasteiger partial charge in [0.2, 0.25) is 0 Å². The molecule has 0 atom stereocenters. The van der Waals surface area contributed by atoms with E-state index in [9.17, 15) is 0 Å². The van der Waals surface area contributed by atoms with Gasteiger partial charge in [0.15, 0.2) is 0 Å². The molecule has 0 spiro atoms. The third-order valence-corrected chi connectivity index (χ3v) is 4.97. The summed E-state index contributed by atoms with van der Waals surface area (Å²) in [6.07, 6.45) is 0. The Bertz CT molecular complexity index is 690. The molecular weight excluding hydrogens is 450 g/mol. The molecule has 0 unspecified atom stereocenters. The summed E-state index contributed by atoms with van der Waals surface area (Å²) >= 11 is 4.76. The number of methoxy groups -OCH3 is 1. The summed E-state index contributed by atoms with van der Waals surface area (Å²) in [4.78, 5) is 0. The van der Waals surface area contributed by atoms with Gasteiger partial charge >= 0.3 is 0 Å². The first-order chi connectivity index (χ1) is 8.72. The molecule has 0 aliphatic heterocycles. The summed E-state index contributed by atoms with van der Waals surface area (Å²) in [5, 5.41) is 4.87. The van der Waals surface area contributed by atoms with Gasteiger partial charge in [-0.25, -0.2) is 0 Å². The van der Waals surface area contributed by atoms with Gasteiger partial charge in [-0.15, -0.1) is 0 Å². The SMILES string of the molecule is COc1c2cccc(I)c2cc2c(I)cccc12. The van der Waals surface area contributed by atoms with Gasteiger partial charge in [0, 0.05) is 17.9 Å². The summed E-state index contributed by atoms with van der Waals surface area (Å²) in [6.45, 7) is 0. The summed E-state index contributed by atoms with van der Waals surface area (Å²) in [6, 6.07) is 14.9. The zero-order chi connectivity index (χ0) is 12.7. The van der Waals surface area contributed by atoms with Gasteiger partial charge in [0.25, 0.3) is 0 Å². The van der Waals surface area contributed by atoms with E-state index in [4.69, 9.17) is 4.74 Å². The van der Waals surface area contributed by atoms with Crippen molar-refractivity contribution in [3.63, 3.8) is 0 Å². The maximum absolute atomic E-state index is 5.64. The molecule has 0 radical (unpaired) electrons. The lowest BCUT2D eigenvalue weighted by molar-refractivity contribution is 0.424. The molecule has 3 heteroatoms. The standard InChI is InChI=1S/C15H10I2O/c1-18-15-9-4-2-6-13(16)11(9)8-12-10(15)5-3-7-14(12)17/h2-8H,1H3. The van der Waals surface area contributed by atoms with Crippen LogP contribution in [0.2, 0.25) is 0 Å². The van der Waals surface area contributed by atoms with Crippen LogP contribution in [0.1, 0.15) is 0 Å². The molecule has 3 aromatic carbocycles. The molecule has 0 aliphatic carbocycles. The molecule has 0 aromatic heterocycles. The highest BCUT2D eigenvalue weighted by molar-refractivity contribution is 14.1. The van der Waals surface area contributed by atoms with Gasteiger partial charge in [-0.2, -0.15) is 0 Å². The third-order valence-electron chi connectivity index (χ3n) is 3.09. The third kappa shape index (κ3) is 1.87. The second-order valence-electron chi connectivity index (χ2n) is 4.08. The Morgan fingerprint density at radius 1 is 0.778 bits per heavy atom. The number of fused-ring (bicyclic) bond motifs is 2. The molecule has 90 valence electrons. The van der Waals surface area contributed by atoms with E-state index in [0.717, 1.165) is 5.75 Å².